The van der Waals surface area contributed by atoms with Crippen molar-refractivity contribution in [2.24, 2.45) is 0 Å². The summed E-state index contributed by atoms with van der Waals surface area (Å²) >= 11 is 0. The van der Waals surface area contributed by atoms with Crippen LogP contribution in [0.4, 0.5) is 0 Å². The zero-order valence-corrected chi connectivity index (χ0v) is 15.2. The lowest BCUT2D eigenvalue weighted by atomic mass is 9.85. The van der Waals surface area contributed by atoms with Crippen LogP contribution in [-0.2, 0) is 24.7 Å². The molecule has 0 amide bonds. The number of Topliss-reactive ketones (excluding diaryl/α,β-unsaturated/α-hetero) is 1. The van der Waals surface area contributed by atoms with Crippen LogP contribution in [0.1, 0.15) is 47.4 Å². The van der Waals surface area contributed by atoms with Crippen molar-refractivity contribution in [2.45, 2.75) is 5.79 Å². The van der Waals surface area contributed by atoms with Gasteiger partial charge in [0.25, 0.3) is 5.79 Å². The maximum absolute atomic E-state index is 13.3. The third-order valence-corrected chi connectivity index (χ3v) is 4.68. The summed E-state index contributed by atoms with van der Waals surface area (Å²) in [6.45, 7) is 0.170. The number of esters is 2. The predicted octanol–water partition coefficient (Wildman–Crippen LogP) is 0.744. The van der Waals surface area contributed by atoms with Crippen molar-refractivity contribution >= 4 is 23.7 Å². The van der Waals surface area contributed by atoms with Crippen molar-refractivity contribution in [2.75, 3.05) is 27.4 Å². The maximum atomic E-state index is 13.3. The summed E-state index contributed by atoms with van der Waals surface area (Å²) < 4.78 is 20.6. The molecule has 0 unspecified atom stereocenters. The highest BCUT2D eigenvalue weighted by atomic mass is 16.7. The van der Waals surface area contributed by atoms with Crippen molar-refractivity contribution < 1.29 is 43.2 Å². The number of rotatable bonds is 3. The Kier molecular flexibility index (Phi) is 4.21. The van der Waals surface area contributed by atoms with E-state index in [1.165, 1.54) is 13.2 Å². The van der Waals surface area contributed by atoms with Crippen LogP contribution in [0.15, 0.2) is 12.1 Å². The summed E-state index contributed by atoms with van der Waals surface area (Å²) in [5, 5.41) is 9.36. The minimum Gasteiger partial charge on any atom is -0.477 e. The van der Waals surface area contributed by atoms with Crippen molar-refractivity contribution in [3.63, 3.8) is 0 Å². The minimum absolute atomic E-state index is 0.0123. The molecular formula is C18H14N2O9. The van der Waals surface area contributed by atoms with Crippen LogP contribution < -0.4 is 0 Å². The molecule has 150 valence electrons. The molecule has 1 spiro atoms. The molecule has 0 bridgehead atoms. The van der Waals surface area contributed by atoms with Crippen LogP contribution in [0.25, 0.3) is 11.3 Å². The van der Waals surface area contributed by atoms with Gasteiger partial charge in [0.1, 0.15) is 17.1 Å². The number of carbonyl (C=O) groups is 4. The lowest BCUT2D eigenvalue weighted by Crippen LogP contribution is -2.41. The number of carboxylic acids is 1. The van der Waals surface area contributed by atoms with E-state index in [2.05, 4.69) is 9.97 Å². The average molecular weight is 402 g/mol. The fourth-order valence-electron chi connectivity index (χ4n) is 3.45. The second kappa shape index (κ2) is 6.50. The molecule has 1 aliphatic carbocycles. The quantitative estimate of drug-likeness (QED) is 0.703. The Hall–Kier alpha value is -3.57. The van der Waals surface area contributed by atoms with Gasteiger partial charge in [-0.25, -0.2) is 19.4 Å². The topological polar surface area (TPSA) is 154 Å². The van der Waals surface area contributed by atoms with E-state index in [0.29, 0.717) is 0 Å². The highest BCUT2D eigenvalue weighted by Gasteiger charge is 2.54. The summed E-state index contributed by atoms with van der Waals surface area (Å²) in [4.78, 5) is 55.9. The number of hydrogen-bond acceptors (Lipinski definition) is 9. The van der Waals surface area contributed by atoms with Crippen LogP contribution >= 0.6 is 0 Å². The maximum Gasteiger partial charge on any atom is 0.354 e. The van der Waals surface area contributed by atoms with Crippen molar-refractivity contribution in [1.82, 2.24) is 9.97 Å². The van der Waals surface area contributed by atoms with E-state index in [0.717, 1.165) is 13.2 Å². The predicted molar refractivity (Wildman–Crippen MR) is 91.6 cm³/mol. The van der Waals surface area contributed by atoms with Crippen LogP contribution in [0, 0.1) is 0 Å². The van der Waals surface area contributed by atoms with Crippen LogP contribution in [0.2, 0.25) is 0 Å². The molecule has 11 nitrogen and oxygen atoms in total. The third-order valence-electron chi connectivity index (χ3n) is 4.68. The highest BCUT2D eigenvalue weighted by Crippen LogP contribution is 2.47. The molecule has 2 aliphatic rings. The van der Waals surface area contributed by atoms with E-state index in [-0.39, 0.29) is 47.0 Å². The lowest BCUT2D eigenvalue weighted by Gasteiger charge is -2.31. The Morgan fingerprint density at radius 3 is 2.38 bits per heavy atom. The van der Waals surface area contributed by atoms with Gasteiger partial charge in [-0.3, -0.25) is 4.79 Å². The van der Waals surface area contributed by atoms with E-state index < -0.39 is 35.2 Å². The van der Waals surface area contributed by atoms with Crippen molar-refractivity contribution in [3.8, 4) is 11.3 Å². The number of ketones is 1. The molecule has 4 rings (SSSR count). The SMILES string of the molecule is COC(=O)c1cc2c([nH]1)-c1c(C(=O)OC)cc(C(=O)O)nc1C(=O)C21OCCO1. The molecule has 0 radical (unpaired) electrons. The minimum atomic E-state index is -1.91. The van der Waals surface area contributed by atoms with E-state index in [4.69, 9.17) is 18.9 Å². The first-order valence-corrected chi connectivity index (χ1v) is 8.35. The molecule has 0 aromatic carbocycles. The Morgan fingerprint density at radius 2 is 1.79 bits per heavy atom. The third kappa shape index (κ3) is 2.55. The van der Waals surface area contributed by atoms with Crippen molar-refractivity contribution in [1.29, 1.82) is 0 Å². The van der Waals surface area contributed by atoms with Gasteiger partial charge in [0.15, 0.2) is 0 Å². The normalized spacial score (nSPS) is 16.3. The number of aromatic carboxylic acids is 1. The number of nitrogens with zero attached hydrogens (tertiary/aromatic N) is 1. The number of aromatic nitrogens is 2. The molecule has 2 N–H and O–H groups in total. The van der Waals surface area contributed by atoms with E-state index >= 15 is 0 Å². The molecule has 1 saturated heterocycles. The number of hydrogen-bond donors (Lipinski definition) is 2. The first kappa shape index (κ1) is 18.8. The van der Waals surface area contributed by atoms with Gasteiger partial charge in [-0.2, -0.15) is 0 Å². The summed E-state index contributed by atoms with van der Waals surface area (Å²) in [6.07, 6.45) is 0. The number of nitrogens with one attached hydrogen (secondary N) is 1. The first-order valence-electron chi connectivity index (χ1n) is 8.35. The Bertz CT molecular complexity index is 1080. The molecule has 1 fully saturated rings. The Labute approximate surface area is 162 Å². The van der Waals surface area contributed by atoms with Gasteiger partial charge in [0.05, 0.1) is 38.7 Å². The summed E-state index contributed by atoms with van der Waals surface area (Å²) in [6, 6.07) is 2.33. The van der Waals surface area contributed by atoms with Crippen LogP contribution in [0.3, 0.4) is 0 Å². The molecule has 11 heteroatoms. The average Bonchev–Trinajstić information content (AvgIpc) is 3.38. The summed E-state index contributed by atoms with van der Waals surface area (Å²) in [7, 11) is 2.29. The number of H-pyrrole nitrogens is 1. The van der Waals surface area contributed by atoms with Gasteiger partial charge in [-0.15, -0.1) is 0 Å². The Morgan fingerprint density at radius 1 is 1.14 bits per heavy atom. The summed E-state index contributed by atoms with van der Waals surface area (Å²) in [5.74, 6) is -5.76. The van der Waals surface area contributed by atoms with E-state index in [9.17, 15) is 24.3 Å². The van der Waals surface area contributed by atoms with Gasteiger partial charge < -0.3 is 29.0 Å². The number of fused-ring (bicyclic) bond motifs is 4. The number of aromatic amines is 1. The molecule has 0 saturated carbocycles. The van der Waals surface area contributed by atoms with Crippen LogP contribution in [0.5, 0.6) is 0 Å². The number of ether oxygens (including phenoxy) is 4. The standard InChI is InChI=1S/C18H14N2O9/c1-26-16(24)7-5-9(15(22)23)19-13-11(7)12-8(6-10(20-12)17(25)27-2)18(14(13)21)28-3-4-29-18/h5-6,20H,3-4H2,1-2H3,(H,22,23). The van der Waals surface area contributed by atoms with Gasteiger partial charge in [0.2, 0.25) is 5.78 Å². The van der Waals surface area contributed by atoms with Crippen molar-refractivity contribution in [3.05, 3.63) is 40.3 Å². The van der Waals surface area contributed by atoms with E-state index in [1.807, 2.05) is 0 Å². The lowest BCUT2D eigenvalue weighted by molar-refractivity contribution is -0.126. The fraction of sp³-hybridized carbons (Fsp3) is 0.278. The number of methoxy groups -OCH3 is 2. The van der Waals surface area contributed by atoms with Gasteiger partial charge in [-0.1, -0.05) is 0 Å². The zero-order chi connectivity index (χ0) is 20.9. The molecule has 2 aromatic rings. The van der Waals surface area contributed by atoms with Gasteiger partial charge >= 0.3 is 17.9 Å². The number of carboxylic acid groups (broad SMARTS) is 1. The molecule has 29 heavy (non-hydrogen) atoms. The first-order chi connectivity index (χ1) is 13.8. The molecule has 2 aromatic heterocycles. The van der Waals surface area contributed by atoms with E-state index in [1.54, 1.807) is 0 Å². The monoisotopic (exact) mass is 402 g/mol. The smallest absolute Gasteiger partial charge is 0.354 e. The van der Waals surface area contributed by atoms with Gasteiger partial charge in [-0.05, 0) is 12.1 Å². The number of pyridine rings is 1. The zero-order valence-electron chi connectivity index (χ0n) is 15.2. The van der Waals surface area contributed by atoms with Crippen LogP contribution in [-0.4, -0.2) is 66.2 Å². The molecular weight excluding hydrogens is 388 g/mol. The number of carbonyl (C=O) groups excluding carboxylic acids is 3. The second-order valence-electron chi connectivity index (χ2n) is 6.18. The van der Waals surface area contributed by atoms with Gasteiger partial charge in [0, 0.05) is 11.1 Å². The molecule has 3 heterocycles. The summed E-state index contributed by atoms with van der Waals surface area (Å²) in [5.41, 5.74) is -0.825. The highest BCUT2D eigenvalue weighted by molar-refractivity contribution is 6.15. The molecule has 1 aliphatic heterocycles. The fourth-order valence-corrected chi connectivity index (χ4v) is 3.45. The Balaban J connectivity index is 2.09. The largest absolute Gasteiger partial charge is 0.477 e. The second-order valence-corrected chi connectivity index (χ2v) is 6.18. The molecule has 0 atom stereocenters.